The predicted molar refractivity (Wildman–Crippen MR) is 136 cm³/mol. The molecule has 0 aliphatic carbocycles. The van der Waals surface area contributed by atoms with E-state index in [1.165, 1.54) is 10.5 Å². The smallest absolute Gasteiger partial charge is 0.328 e. The number of urea groups is 1. The molecule has 4 heterocycles. The summed E-state index contributed by atoms with van der Waals surface area (Å²) < 4.78 is 10.9. The standard InChI is InChI=1S/C28H36N4O4/c1-20(2)16-32-27(34)31(18-23-6-4-5-11-29-23)26(33)28(32)9-12-30(13-10-28)17-21(3)14-22-7-8-24-25(15-22)36-19-35-24/h4-8,11,15,20-21H,9-10,12-14,16-19H2,1-3H3. The number of pyridine rings is 1. The first-order valence-corrected chi connectivity index (χ1v) is 13.0. The minimum atomic E-state index is -0.743. The van der Waals surface area contributed by atoms with Gasteiger partial charge in [-0.1, -0.05) is 32.9 Å². The van der Waals surface area contributed by atoms with E-state index >= 15 is 0 Å². The van der Waals surface area contributed by atoms with Crippen LogP contribution >= 0.6 is 0 Å². The van der Waals surface area contributed by atoms with E-state index in [1.54, 1.807) is 6.20 Å². The molecule has 3 aliphatic heterocycles. The van der Waals surface area contributed by atoms with Crippen LogP contribution in [0.3, 0.4) is 0 Å². The van der Waals surface area contributed by atoms with E-state index in [1.807, 2.05) is 29.2 Å². The highest BCUT2D eigenvalue weighted by atomic mass is 16.7. The Kier molecular flexibility index (Phi) is 6.88. The average molecular weight is 493 g/mol. The molecule has 5 rings (SSSR count). The van der Waals surface area contributed by atoms with Crippen molar-refractivity contribution in [3.63, 3.8) is 0 Å². The normalized spacial score (nSPS) is 20.1. The van der Waals surface area contributed by atoms with Gasteiger partial charge >= 0.3 is 6.03 Å². The summed E-state index contributed by atoms with van der Waals surface area (Å²) in [5.74, 6) is 2.31. The third-order valence-corrected chi connectivity index (χ3v) is 7.49. The number of hydrogen-bond donors (Lipinski definition) is 0. The molecular weight excluding hydrogens is 456 g/mol. The Morgan fingerprint density at radius 3 is 2.50 bits per heavy atom. The zero-order valence-electron chi connectivity index (χ0n) is 21.5. The molecule has 2 fully saturated rings. The van der Waals surface area contributed by atoms with Crippen LogP contribution in [-0.2, 0) is 17.8 Å². The summed E-state index contributed by atoms with van der Waals surface area (Å²) in [5.41, 5.74) is 1.23. The molecule has 1 aromatic heterocycles. The quantitative estimate of drug-likeness (QED) is 0.520. The first-order chi connectivity index (χ1) is 17.4. The molecule has 1 atom stereocenters. The summed E-state index contributed by atoms with van der Waals surface area (Å²) >= 11 is 0. The molecule has 0 radical (unpaired) electrons. The number of nitrogens with zero attached hydrogens (tertiary/aromatic N) is 4. The van der Waals surface area contributed by atoms with E-state index < -0.39 is 5.54 Å². The molecule has 1 aromatic carbocycles. The van der Waals surface area contributed by atoms with Gasteiger partial charge in [0.1, 0.15) is 5.54 Å². The molecule has 3 aliphatic rings. The maximum absolute atomic E-state index is 13.7. The van der Waals surface area contributed by atoms with Gasteiger partial charge < -0.3 is 19.3 Å². The summed E-state index contributed by atoms with van der Waals surface area (Å²) in [5, 5.41) is 0. The van der Waals surface area contributed by atoms with Crippen molar-refractivity contribution in [3.05, 3.63) is 53.9 Å². The first-order valence-electron chi connectivity index (χ1n) is 13.0. The maximum Gasteiger partial charge on any atom is 0.328 e. The number of benzene rings is 1. The predicted octanol–water partition coefficient (Wildman–Crippen LogP) is 3.94. The number of aromatic nitrogens is 1. The molecule has 0 saturated carbocycles. The van der Waals surface area contributed by atoms with Crippen LogP contribution in [0.5, 0.6) is 11.5 Å². The maximum atomic E-state index is 13.7. The summed E-state index contributed by atoms with van der Waals surface area (Å²) in [6, 6.07) is 11.6. The van der Waals surface area contributed by atoms with E-state index in [4.69, 9.17) is 9.47 Å². The highest BCUT2D eigenvalue weighted by Crippen LogP contribution is 2.39. The van der Waals surface area contributed by atoms with Crippen molar-refractivity contribution in [2.24, 2.45) is 11.8 Å². The molecule has 0 N–H and O–H groups in total. The zero-order valence-corrected chi connectivity index (χ0v) is 21.5. The number of carbonyl (C=O) groups is 2. The summed E-state index contributed by atoms with van der Waals surface area (Å²) in [6.45, 7) is 10.1. The number of rotatable bonds is 8. The summed E-state index contributed by atoms with van der Waals surface area (Å²) in [4.78, 5) is 37.2. The number of ether oxygens (including phenoxy) is 2. The molecular formula is C28H36N4O4. The Balaban J connectivity index is 1.23. The minimum Gasteiger partial charge on any atom is -0.454 e. The Morgan fingerprint density at radius 1 is 1.00 bits per heavy atom. The van der Waals surface area contributed by atoms with Gasteiger partial charge in [-0.15, -0.1) is 0 Å². The van der Waals surface area contributed by atoms with Gasteiger partial charge in [0.2, 0.25) is 6.79 Å². The number of fused-ring (bicyclic) bond motifs is 1. The fraction of sp³-hybridized carbons (Fsp3) is 0.536. The topological polar surface area (TPSA) is 75.2 Å². The fourth-order valence-corrected chi connectivity index (χ4v) is 5.76. The largest absolute Gasteiger partial charge is 0.454 e. The number of hydrogen-bond acceptors (Lipinski definition) is 6. The second-order valence-electron chi connectivity index (χ2n) is 10.8. The van der Waals surface area contributed by atoms with Crippen LogP contribution in [0.25, 0.3) is 0 Å². The van der Waals surface area contributed by atoms with Crippen molar-refractivity contribution < 1.29 is 19.1 Å². The summed E-state index contributed by atoms with van der Waals surface area (Å²) in [7, 11) is 0. The highest BCUT2D eigenvalue weighted by Gasteiger charge is 2.57. The lowest BCUT2D eigenvalue weighted by atomic mass is 9.84. The van der Waals surface area contributed by atoms with Crippen LogP contribution < -0.4 is 9.47 Å². The van der Waals surface area contributed by atoms with Gasteiger partial charge in [0.05, 0.1) is 12.2 Å². The van der Waals surface area contributed by atoms with Gasteiger partial charge in [0.25, 0.3) is 5.91 Å². The van der Waals surface area contributed by atoms with Gasteiger partial charge in [-0.2, -0.15) is 0 Å². The molecule has 2 aromatic rings. The van der Waals surface area contributed by atoms with E-state index in [-0.39, 0.29) is 31.2 Å². The second-order valence-corrected chi connectivity index (χ2v) is 10.8. The van der Waals surface area contributed by atoms with Crippen molar-refractivity contribution >= 4 is 11.9 Å². The van der Waals surface area contributed by atoms with E-state index in [2.05, 4.69) is 42.8 Å². The lowest BCUT2D eigenvalue weighted by molar-refractivity contribution is -0.136. The van der Waals surface area contributed by atoms with Gasteiger partial charge in [0, 0.05) is 32.4 Å². The molecule has 1 spiro atoms. The van der Waals surface area contributed by atoms with Crippen molar-refractivity contribution in [2.75, 3.05) is 33.0 Å². The Hall–Kier alpha value is -3.13. The number of likely N-dealkylation sites (tertiary alicyclic amines) is 1. The lowest BCUT2D eigenvalue weighted by Gasteiger charge is -2.43. The SMILES string of the molecule is CC(C)CN1C(=O)N(Cc2ccccn2)C(=O)C12CCN(CC(C)Cc1ccc3c(c1)OCO3)CC2. The van der Waals surface area contributed by atoms with Crippen molar-refractivity contribution in [3.8, 4) is 11.5 Å². The van der Waals surface area contributed by atoms with Crippen LogP contribution in [0.4, 0.5) is 4.79 Å². The number of carbonyl (C=O) groups excluding carboxylic acids is 2. The number of imide groups is 1. The van der Waals surface area contributed by atoms with Gasteiger partial charge in [0.15, 0.2) is 11.5 Å². The van der Waals surface area contributed by atoms with Gasteiger partial charge in [-0.25, -0.2) is 4.79 Å². The molecule has 1 unspecified atom stereocenters. The van der Waals surface area contributed by atoms with Crippen LogP contribution in [0.1, 0.15) is 44.9 Å². The van der Waals surface area contributed by atoms with Crippen LogP contribution in [0.15, 0.2) is 42.6 Å². The van der Waals surface area contributed by atoms with Crippen LogP contribution in [0, 0.1) is 11.8 Å². The summed E-state index contributed by atoms with van der Waals surface area (Å²) in [6.07, 6.45) is 3.98. The van der Waals surface area contributed by atoms with Crippen molar-refractivity contribution in [2.45, 2.75) is 52.1 Å². The fourth-order valence-electron chi connectivity index (χ4n) is 5.76. The molecule has 2 saturated heterocycles. The lowest BCUT2D eigenvalue weighted by Crippen LogP contribution is -2.57. The van der Waals surface area contributed by atoms with Gasteiger partial charge in [-0.05, 0) is 60.9 Å². The monoisotopic (exact) mass is 492 g/mol. The number of piperidine rings is 1. The van der Waals surface area contributed by atoms with E-state index in [0.29, 0.717) is 25.3 Å². The van der Waals surface area contributed by atoms with Crippen LogP contribution in [0.2, 0.25) is 0 Å². The molecule has 3 amide bonds. The molecule has 192 valence electrons. The second kappa shape index (κ2) is 10.1. The highest BCUT2D eigenvalue weighted by molar-refractivity contribution is 6.07. The van der Waals surface area contributed by atoms with E-state index in [0.717, 1.165) is 43.2 Å². The van der Waals surface area contributed by atoms with Crippen LogP contribution in [-0.4, -0.2) is 70.1 Å². The Labute approximate surface area is 213 Å². The zero-order chi connectivity index (χ0) is 25.3. The van der Waals surface area contributed by atoms with Crippen molar-refractivity contribution in [1.82, 2.24) is 19.7 Å². The molecule has 36 heavy (non-hydrogen) atoms. The first kappa shape index (κ1) is 24.6. The molecule has 8 heteroatoms. The minimum absolute atomic E-state index is 0.0631. The third kappa shape index (κ3) is 4.78. The average Bonchev–Trinajstić information content (AvgIpc) is 3.40. The van der Waals surface area contributed by atoms with E-state index in [9.17, 15) is 9.59 Å². The Bertz CT molecular complexity index is 1100. The Morgan fingerprint density at radius 2 is 1.78 bits per heavy atom. The van der Waals surface area contributed by atoms with Crippen molar-refractivity contribution in [1.29, 1.82) is 0 Å². The number of amides is 3. The van der Waals surface area contributed by atoms with Gasteiger partial charge in [-0.3, -0.25) is 14.7 Å². The third-order valence-electron chi connectivity index (χ3n) is 7.49. The molecule has 0 bridgehead atoms. The molecule has 8 nitrogen and oxygen atoms in total.